The quantitative estimate of drug-likeness (QED) is 0.369. The molecule has 0 fully saturated rings. The third-order valence-corrected chi connectivity index (χ3v) is 3.38. The van der Waals surface area contributed by atoms with E-state index in [1.54, 1.807) is 5.56 Å². The second-order valence-electron chi connectivity index (χ2n) is 4.26. The summed E-state index contributed by atoms with van der Waals surface area (Å²) in [5.74, 6) is 0. The molecule has 0 aromatic heterocycles. The third kappa shape index (κ3) is 0.913. The second-order valence-corrected chi connectivity index (χ2v) is 4.26. The Hall–Kier alpha value is -1.82. The van der Waals surface area contributed by atoms with Crippen LogP contribution in [0.1, 0.15) is 11.1 Å². The first kappa shape index (κ1) is 7.47. The highest BCUT2D eigenvalue weighted by molar-refractivity contribution is 6.09. The summed E-state index contributed by atoms with van der Waals surface area (Å²) in [6, 6.07) is 17.6. The minimum Gasteiger partial charge on any atom is -0.0616 e. The summed E-state index contributed by atoms with van der Waals surface area (Å²) >= 11 is 0. The minimum atomic E-state index is 1.20. The number of hydrogen-bond donors (Lipinski definition) is 0. The molecule has 0 spiro atoms. The Labute approximate surface area is 88.2 Å². The molecule has 0 amide bonds. The zero-order valence-electron chi connectivity index (χ0n) is 8.33. The summed E-state index contributed by atoms with van der Waals surface area (Å²) in [5.41, 5.74) is 3.08. The van der Waals surface area contributed by atoms with Gasteiger partial charge in [0.25, 0.3) is 0 Å². The van der Waals surface area contributed by atoms with Gasteiger partial charge in [-0.15, -0.1) is 0 Å². The molecule has 4 rings (SSSR count). The van der Waals surface area contributed by atoms with Crippen molar-refractivity contribution in [1.82, 2.24) is 0 Å². The van der Waals surface area contributed by atoms with E-state index in [1.807, 2.05) is 0 Å². The Morgan fingerprint density at radius 2 is 1.53 bits per heavy atom. The van der Waals surface area contributed by atoms with E-state index in [0.717, 1.165) is 0 Å². The van der Waals surface area contributed by atoms with Crippen LogP contribution in [-0.2, 0) is 6.42 Å². The zero-order valence-corrected chi connectivity index (χ0v) is 8.33. The van der Waals surface area contributed by atoms with E-state index < -0.39 is 0 Å². The summed E-state index contributed by atoms with van der Waals surface area (Å²) in [6.45, 7) is 0. The maximum atomic E-state index is 2.27. The van der Waals surface area contributed by atoms with Crippen molar-refractivity contribution in [3.8, 4) is 0 Å². The van der Waals surface area contributed by atoms with Crippen LogP contribution >= 0.6 is 0 Å². The van der Waals surface area contributed by atoms with Crippen molar-refractivity contribution in [2.45, 2.75) is 6.42 Å². The molecule has 15 heavy (non-hydrogen) atoms. The molecule has 0 bridgehead atoms. The molecule has 0 saturated heterocycles. The molecule has 0 radical (unpaired) electrons. The van der Waals surface area contributed by atoms with Gasteiger partial charge in [0.15, 0.2) is 0 Å². The number of fused-ring (bicyclic) bond motifs is 5. The highest BCUT2D eigenvalue weighted by atomic mass is 14.2. The van der Waals surface area contributed by atoms with Gasteiger partial charge in [-0.05, 0) is 39.1 Å². The fourth-order valence-corrected chi connectivity index (χ4v) is 2.50. The maximum absolute atomic E-state index is 2.27. The highest BCUT2D eigenvalue weighted by Gasteiger charge is 2.19. The molecular weight excluding hydrogens is 180 g/mol. The lowest BCUT2D eigenvalue weighted by molar-refractivity contribution is 1.62. The van der Waals surface area contributed by atoms with E-state index in [1.165, 1.54) is 33.5 Å². The highest BCUT2D eigenvalue weighted by Crippen LogP contribution is 2.37. The van der Waals surface area contributed by atoms with Crippen molar-refractivity contribution in [2.24, 2.45) is 0 Å². The largest absolute Gasteiger partial charge is 0.0616 e. The first-order valence-corrected chi connectivity index (χ1v) is 5.36. The monoisotopic (exact) mass is 190 g/mol. The van der Waals surface area contributed by atoms with Crippen LogP contribution in [0.5, 0.6) is 0 Å². The van der Waals surface area contributed by atoms with Crippen molar-refractivity contribution in [3.05, 3.63) is 59.7 Å². The van der Waals surface area contributed by atoms with E-state index in [2.05, 4.69) is 48.5 Å². The third-order valence-electron chi connectivity index (χ3n) is 3.38. The van der Waals surface area contributed by atoms with Gasteiger partial charge >= 0.3 is 0 Å². The van der Waals surface area contributed by atoms with Crippen molar-refractivity contribution in [2.75, 3.05) is 0 Å². The number of rotatable bonds is 0. The standard InChI is InChI=1S/C15H10/c1-2-4-12-10(3-1)5-7-14-13(12)8-6-11-9-15(11)14/h1-8H,9H2. The smallest absolute Gasteiger partial charge is 0.00137 e. The van der Waals surface area contributed by atoms with Gasteiger partial charge in [0.05, 0.1) is 0 Å². The molecule has 3 aromatic rings. The topological polar surface area (TPSA) is 0 Å². The van der Waals surface area contributed by atoms with Crippen LogP contribution in [0.25, 0.3) is 21.5 Å². The van der Waals surface area contributed by atoms with Crippen molar-refractivity contribution < 1.29 is 0 Å². The van der Waals surface area contributed by atoms with Crippen LogP contribution in [0.4, 0.5) is 0 Å². The molecule has 1 aliphatic carbocycles. The van der Waals surface area contributed by atoms with Gasteiger partial charge in [0.2, 0.25) is 0 Å². The minimum absolute atomic E-state index is 1.20. The molecule has 0 saturated carbocycles. The Kier molecular flexibility index (Phi) is 1.20. The summed E-state index contributed by atoms with van der Waals surface area (Å²) < 4.78 is 0. The van der Waals surface area contributed by atoms with Crippen LogP contribution in [0.15, 0.2) is 48.5 Å². The molecule has 0 heterocycles. The van der Waals surface area contributed by atoms with Gasteiger partial charge in [0, 0.05) is 0 Å². The Bertz CT molecular complexity index is 693. The van der Waals surface area contributed by atoms with Gasteiger partial charge in [-0.3, -0.25) is 0 Å². The average Bonchev–Trinajstić information content (AvgIpc) is 3.07. The maximum Gasteiger partial charge on any atom is -0.00137 e. The second kappa shape index (κ2) is 2.40. The number of benzene rings is 3. The van der Waals surface area contributed by atoms with Crippen molar-refractivity contribution >= 4 is 21.5 Å². The lowest BCUT2D eigenvalue weighted by Gasteiger charge is -2.02. The van der Waals surface area contributed by atoms with Gasteiger partial charge in [0.1, 0.15) is 0 Å². The van der Waals surface area contributed by atoms with Crippen LogP contribution < -0.4 is 0 Å². The summed E-state index contributed by atoms with van der Waals surface area (Å²) in [5, 5.41) is 5.57. The Balaban J connectivity index is 2.32. The molecule has 0 aliphatic heterocycles. The molecule has 0 N–H and O–H groups in total. The van der Waals surface area contributed by atoms with E-state index in [-0.39, 0.29) is 0 Å². The first-order chi connectivity index (χ1) is 7.43. The molecule has 1 aliphatic rings. The van der Waals surface area contributed by atoms with Crippen LogP contribution in [0.2, 0.25) is 0 Å². The van der Waals surface area contributed by atoms with Gasteiger partial charge in [-0.25, -0.2) is 0 Å². The molecule has 0 unspecified atom stereocenters. The Morgan fingerprint density at radius 3 is 2.53 bits per heavy atom. The zero-order chi connectivity index (χ0) is 9.83. The molecule has 0 atom stereocenters. The molecule has 0 heteroatoms. The lowest BCUT2D eigenvalue weighted by Crippen LogP contribution is -1.76. The predicted octanol–water partition coefficient (Wildman–Crippen LogP) is 3.90. The van der Waals surface area contributed by atoms with E-state index >= 15 is 0 Å². The predicted molar refractivity (Wildman–Crippen MR) is 64.3 cm³/mol. The fourth-order valence-electron chi connectivity index (χ4n) is 2.50. The van der Waals surface area contributed by atoms with E-state index in [9.17, 15) is 0 Å². The van der Waals surface area contributed by atoms with Crippen LogP contribution in [-0.4, -0.2) is 0 Å². The fraction of sp³-hybridized carbons (Fsp3) is 0.0667. The summed E-state index contributed by atoms with van der Waals surface area (Å²) in [7, 11) is 0. The average molecular weight is 190 g/mol. The number of hydrogen-bond acceptors (Lipinski definition) is 0. The molecule has 0 nitrogen and oxygen atoms in total. The molecular formula is C15H10. The molecule has 3 aromatic carbocycles. The van der Waals surface area contributed by atoms with E-state index in [4.69, 9.17) is 0 Å². The SMILES string of the molecule is c1ccc2c(c1)ccc1c3c(ccc12)C3. The first-order valence-electron chi connectivity index (χ1n) is 5.36. The van der Waals surface area contributed by atoms with Gasteiger partial charge in [-0.2, -0.15) is 0 Å². The Morgan fingerprint density at radius 1 is 0.667 bits per heavy atom. The van der Waals surface area contributed by atoms with Crippen molar-refractivity contribution in [3.63, 3.8) is 0 Å². The lowest BCUT2D eigenvalue weighted by atomic mass is 10.0. The molecule has 70 valence electrons. The van der Waals surface area contributed by atoms with Gasteiger partial charge < -0.3 is 0 Å². The summed E-state index contributed by atoms with van der Waals surface area (Å²) in [6.07, 6.45) is 1.20. The normalized spacial score (nSPS) is 13.1. The summed E-state index contributed by atoms with van der Waals surface area (Å²) in [4.78, 5) is 0. The van der Waals surface area contributed by atoms with Crippen LogP contribution in [0, 0.1) is 0 Å². The van der Waals surface area contributed by atoms with Gasteiger partial charge in [-0.1, -0.05) is 48.5 Å². The van der Waals surface area contributed by atoms with Crippen molar-refractivity contribution in [1.29, 1.82) is 0 Å². The van der Waals surface area contributed by atoms with E-state index in [0.29, 0.717) is 0 Å². The van der Waals surface area contributed by atoms with Crippen LogP contribution in [0.3, 0.4) is 0 Å².